The highest BCUT2D eigenvalue weighted by Gasteiger charge is 2.16. The molecule has 0 fully saturated rings. The second kappa shape index (κ2) is 5.43. The first-order valence-electron chi connectivity index (χ1n) is 5.22. The standard InChI is InChI=1S/C12H8BrClN4O/c1-18-6-7(5-15)11(17-18)16-12(19)8-3-2-4-9(13)10(8)14/h2-4,6H,1H3,(H,16,17,19). The molecule has 0 saturated carbocycles. The Kier molecular flexibility index (Phi) is 3.88. The van der Waals surface area contributed by atoms with Crippen LogP contribution in [0.15, 0.2) is 28.9 Å². The molecule has 2 rings (SSSR count). The predicted molar refractivity (Wildman–Crippen MR) is 75.0 cm³/mol. The van der Waals surface area contributed by atoms with Crippen LogP contribution in [0, 0.1) is 11.3 Å². The Balaban J connectivity index is 2.31. The minimum Gasteiger partial charge on any atom is -0.304 e. The smallest absolute Gasteiger partial charge is 0.258 e. The summed E-state index contributed by atoms with van der Waals surface area (Å²) in [6, 6.07) is 6.99. The number of hydrogen-bond acceptors (Lipinski definition) is 3. The lowest BCUT2D eigenvalue weighted by molar-refractivity contribution is 0.102. The summed E-state index contributed by atoms with van der Waals surface area (Å²) in [6.45, 7) is 0. The van der Waals surface area contributed by atoms with Crippen LogP contribution in [0.25, 0.3) is 0 Å². The van der Waals surface area contributed by atoms with E-state index in [4.69, 9.17) is 16.9 Å². The Morgan fingerprint density at radius 3 is 3.00 bits per heavy atom. The van der Waals surface area contributed by atoms with Crippen molar-refractivity contribution in [1.82, 2.24) is 9.78 Å². The minimum absolute atomic E-state index is 0.214. The van der Waals surface area contributed by atoms with Crippen LogP contribution in [0.5, 0.6) is 0 Å². The summed E-state index contributed by atoms with van der Waals surface area (Å²) >= 11 is 9.28. The SMILES string of the molecule is Cn1cc(C#N)c(NC(=O)c2cccc(Br)c2Cl)n1. The Labute approximate surface area is 122 Å². The molecule has 0 unspecified atom stereocenters. The molecule has 19 heavy (non-hydrogen) atoms. The number of anilines is 1. The number of benzene rings is 1. The van der Waals surface area contributed by atoms with Gasteiger partial charge in [0.25, 0.3) is 5.91 Å². The Bertz CT molecular complexity index is 690. The Hall–Kier alpha value is -1.84. The zero-order chi connectivity index (χ0) is 14.0. The number of aromatic nitrogens is 2. The monoisotopic (exact) mass is 338 g/mol. The molecular weight excluding hydrogens is 332 g/mol. The summed E-state index contributed by atoms with van der Waals surface area (Å²) in [5.41, 5.74) is 0.604. The van der Waals surface area contributed by atoms with Gasteiger partial charge in [0.2, 0.25) is 0 Å². The number of nitrogens with zero attached hydrogens (tertiary/aromatic N) is 3. The minimum atomic E-state index is -0.415. The van der Waals surface area contributed by atoms with E-state index >= 15 is 0 Å². The fraction of sp³-hybridized carbons (Fsp3) is 0.0833. The van der Waals surface area contributed by atoms with Crippen LogP contribution in [0.3, 0.4) is 0 Å². The van der Waals surface area contributed by atoms with Crippen molar-refractivity contribution < 1.29 is 4.79 Å². The molecule has 1 heterocycles. The Morgan fingerprint density at radius 1 is 1.58 bits per heavy atom. The topological polar surface area (TPSA) is 70.7 Å². The molecule has 0 spiro atoms. The van der Waals surface area contributed by atoms with E-state index in [-0.39, 0.29) is 5.82 Å². The molecule has 5 nitrogen and oxygen atoms in total. The van der Waals surface area contributed by atoms with E-state index in [9.17, 15) is 4.79 Å². The third kappa shape index (κ3) is 2.78. The molecule has 96 valence electrons. The van der Waals surface area contributed by atoms with Gasteiger partial charge in [0.05, 0.1) is 10.6 Å². The summed E-state index contributed by atoms with van der Waals surface area (Å²) < 4.78 is 2.08. The van der Waals surface area contributed by atoms with Gasteiger partial charge in [0.15, 0.2) is 5.82 Å². The molecule has 0 atom stereocenters. The number of nitrogens with one attached hydrogen (secondary N) is 1. The highest BCUT2D eigenvalue weighted by Crippen LogP contribution is 2.26. The molecule has 0 radical (unpaired) electrons. The van der Waals surface area contributed by atoms with Crippen molar-refractivity contribution in [1.29, 1.82) is 5.26 Å². The predicted octanol–water partition coefficient (Wildman–Crippen LogP) is 2.96. The maximum Gasteiger partial charge on any atom is 0.258 e. The Morgan fingerprint density at radius 2 is 2.32 bits per heavy atom. The van der Waals surface area contributed by atoms with Crippen molar-refractivity contribution in [2.75, 3.05) is 5.32 Å². The lowest BCUT2D eigenvalue weighted by atomic mass is 10.2. The average Bonchev–Trinajstić information content (AvgIpc) is 2.72. The summed E-state index contributed by atoms with van der Waals surface area (Å²) in [5, 5.41) is 15.8. The van der Waals surface area contributed by atoms with Gasteiger partial charge in [-0.25, -0.2) is 0 Å². The fourth-order valence-electron chi connectivity index (χ4n) is 1.52. The number of aryl methyl sites for hydroxylation is 1. The van der Waals surface area contributed by atoms with E-state index in [0.717, 1.165) is 0 Å². The quantitative estimate of drug-likeness (QED) is 0.914. The number of carbonyl (C=O) groups excluding carboxylic acids is 1. The third-order valence-corrected chi connectivity index (χ3v) is 3.67. The van der Waals surface area contributed by atoms with Crippen LogP contribution in [0.2, 0.25) is 5.02 Å². The molecule has 1 aromatic heterocycles. The van der Waals surface area contributed by atoms with E-state index in [0.29, 0.717) is 20.6 Å². The van der Waals surface area contributed by atoms with Crippen LogP contribution in [-0.4, -0.2) is 15.7 Å². The van der Waals surface area contributed by atoms with Gasteiger partial charge in [-0.15, -0.1) is 0 Å². The molecule has 0 aliphatic carbocycles. The average molecular weight is 340 g/mol. The first kappa shape index (κ1) is 13.6. The van der Waals surface area contributed by atoms with Gasteiger partial charge >= 0.3 is 0 Å². The first-order chi connectivity index (χ1) is 9.02. The molecule has 2 aromatic rings. The molecule has 0 aliphatic heterocycles. The number of amides is 1. The third-order valence-electron chi connectivity index (χ3n) is 2.38. The molecule has 0 saturated heterocycles. The van der Waals surface area contributed by atoms with Crippen molar-refractivity contribution in [2.24, 2.45) is 7.05 Å². The second-order valence-electron chi connectivity index (χ2n) is 3.73. The highest BCUT2D eigenvalue weighted by molar-refractivity contribution is 9.10. The molecular formula is C12H8BrClN4O. The van der Waals surface area contributed by atoms with Gasteiger partial charge in [-0.1, -0.05) is 17.7 Å². The zero-order valence-corrected chi connectivity index (χ0v) is 12.2. The summed E-state index contributed by atoms with van der Waals surface area (Å²) in [6.07, 6.45) is 1.53. The van der Waals surface area contributed by atoms with Crippen molar-refractivity contribution >= 4 is 39.3 Å². The lowest BCUT2D eigenvalue weighted by Gasteiger charge is -2.05. The van der Waals surface area contributed by atoms with E-state index in [1.54, 1.807) is 25.2 Å². The van der Waals surface area contributed by atoms with Gasteiger partial charge < -0.3 is 5.32 Å². The van der Waals surface area contributed by atoms with Gasteiger partial charge in [-0.2, -0.15) is 10.4 Å². The maximum atomic E-state index is 12.1. The number of halogens is 2. The van der Waals surface area contributed by atoms with Crippen LogP contribution in [0.4, 0.5) is 5.82 Å². The van der Waals surface area contributed by atoms with Gasteiger partial charge in [0.1, 0.15) is 11.6 Å². The highest BCUT2D eigenvalue weighted by atomic mass is 79.9. The number of hydrogen-bond donors (Lipinski definition) is 1. The van der Waals surface area contributed by atoms with Crippen LogP contribution < -0.4 is 5.32 Å². The van der Waals surface area contributed by atoms with Crippen LogP contribution in [0.1, 0.15) is 15.9 Å². The number of rotatable bonds is 2. The van der Waals surface area contributed by atoms with Gasteiger partial charge in [-0.05, 0) is 28.1 Å². The van der Waals surface area contributed by atoms with Crippen molar-refractivity contribution in [3.63, 3.8) is 0 Å². The summed E-state index contributed by atoms with van der Waals surface area (Å²) in [4.78, 5) is 12.1. The molecule has 1 N–H and O–H groups in total. The largest absolute Gasteiger partial charge is 0.304 e. The lowest BCUT2D eigenvalue weighted by Crippen LogP contribution is -2.14. The van der Waals surface area contributed by atoms with Crippen molar-refractivity contribution in [3.05, 3.63) is 45.0 Å². The van der Waals surface area contributed by atoms with E-state index in [1.807, 2.05) is 6.07 Å². The van der Waals surface area contributed by atoms with E-state index in [1.165, 1.54) is 10.9 Å². The molecule has 1 aromatic carbocycles. The van der Waals surface area contributed by atoms with E-state index in [2.05, 4.69) is 26.3 Å². The van der Waals surface area contributed by atoms with Crippen LogP contribution >= 0.6 is 27.5 Å². The molecule has 7 heteroatoms. The normalized spacial score (nSPS) is 10.0. The summed E-state index contributed by atoms with van der Waals surface area (Å²) in [5.74, 6) is -0.201. The van der Waals surface area contributed by atoms with Gasteiger partial charge in [0, 0.05) is 17.7 Å². The molecule has 0 aliphatic rings. The fourth-order valence-corrected chi connectivity index (χ4v) is 2.09. The molecule has 1 amide bonds. The summed E-state index contributed by atoms with van der Waals surface area (Å²) in [7, 11) is 1.67. The van der Waals surface area contributed by atoms with Gasteiger partial charge in [-0.3, -0.25) is 9.48 Å². The van der Waals surface area contributed by atoms with Crippen LogP contribution in [-0.2, 0) is 7.05 Å². The second-order valence-corrected chi connectivity index (χ2v) is 4.96. The van der Waals surface area contributed by atoms with E-state index < -0.39 is 5.91 Å². The molecule has 0 bridgehead atoms. The first-order valence-corrected chi connectivity index (χ1v) is 6.39. The van der Waals surface area contributed by atoms with Crippen molar-refractivity contribution in [2.45, 2.75) is 0 Å². The van der Waals surface area contributed by atoms with Crippen molar-refractivity contribution in [3.8, 4) is 6.07 Å². The number of nitriles is 1. The zero-order valence-electron chi connectivity index (χ0n) is 9.82. The maximum absolute atomic E-state index is 12.1. The number of carbonyl (C=O) groups is 1.